The van der Waals surface area contributed by atoms with E-state index in [1.807, 2.05) is 0 Å². The van der Waals surface area contributed by atoms with Crippen molar-refractivity contribution >= 4 is 67.9 Å². The van der Waals surface area contributed by atoms with E-state index in [2.05, 4.69) is 294 Å². The molecule has 2 heterocycles. The van der Waals surface area contributed by atoms with Crippen LogP contribution in [-0.4, -0.2) is 9.13 Å². The lowest BCUT2D eigenvalue weighted by atomic mass is 9.80. The quantitative estimate of drug-likeness (QED) is 0.141. The summed E-state index contributed by atoms with van der Waals surface area (Å²) < 4.78 is 4.78. The average molecular weight is 977 g/mol. The first-order chi connectivity index (χ1) is 36.8. The Hall–Kier alpha value is -8.72. The molecular weight excluding hydrogens is 917 g/mol. The summed E-state index contributed by atoms with van der Waals surface area (Å²) in [5.74, 6) is 0. The van der Waals surface area contributed by atoms with E-state index in [0.29, 0.717) is 0 Å². The normalized spacial score (nSPS) is 14.4. The Morgan fingerprint density at radius 1 is 0.316 bits per heavy atom. The Bertz CT molecular complexity index is 4410. The van der Waals surface area contributed by atoms with Gasteiger partial charge in [-0.15, -0.1) is 0 Å². The highest BCUT2D eigenvalue weighted by Gasteiger charge is 2.38. The largest absolute Gasteiger partial charge is 0.309 e. The van der Waals surface area contributed by atoms with Crippen molar-refractivity contribution in [2.24, 2.45) is 0 Å². The summed E-state index contributed by atoms with van der Waals surface area (Å²) in [7, 11) is 0. The lowest BCUT2D eigenvalue weighted by Crippen LogP contribution is -2.15. The third kappa shape index (κ3) is 7.22. The molecule has 0 atom stereocenters. The summed E-state index contributed by atoms with van der Waals surface area (Å²) in [6.45, 7) is 16.4. The molecule has 2 aliphatic carbocycles. The second kappa shape index (κ2) is 16.9. The van der Waals surface area contributed by atoms with Crippen LogP contribution in [0.2, 0.25) is 0 Å². The number of hydrogen-bond donors (Lipinski definition) is 0. The Morgan fingerprint density at radius 3 is 1.12 bits per heavy atom. The molecule has 2 heteroatoms. The fourth-order valence-electron chi connectivity index (χ4n) is 12.9. The van der Waals surface area contributed by atoms with Gasteiger partial charge in [-0.05, 0) is 162 Å². The summed E-state index contributed by atoms with van der Waals surface area (Å²) in [5.41, 5.74) is 26.6. The second-order valence-electron chi connectivity index (χ2n) is 23.4. The van der Waals surface area contributed by atoms with E-state index in [9.17, 15) is 0 Å². The Morgan fingerprint density at radius 2 is 0.671 bits per heavy atom. The highest BCUT2D eigenvalue weighted by atomic mass is 15.0. The fraction of sp³-hybridized carbons (Fsp3) is 0.135. The number of fused-ring (bicyclic) bond motifs is 12. The minimum absolute atomic E-state index is 0.110. The molecular formula is C74H60N2. The molecule has 0 bridgehead atoms. The first-order valence-corrected chi connectivity index (χ1v) is 27.0. The summed E-state index contributed by atoms with van der Waals surface area (Å²) in [6.07, 6.45) is 9.11. The van der Waals surface area contributed by atoms with Gasteiger partial charge in [0.1, 0.15) is 0 Å². The summed E-state index contributed by atoms with van der Waals surface area (Å²) in [5, 5.41) is 5.07. The van der Waals surface area contributed by atoms with Gasteiger partial charge in [0.15, 0.2) is 0 Å². The van der Waals surface area contributed by atoms with E-state index in [0.717, 1.165) is 0 Å². The Balaban J connectivity index is 0.718. The molecule has 0 aliphatic heterocycles. The van der Waals surface area contributed by atoms with E-state index in [-0.39, 0.29) is 16.2 Å². The lowest BCUT2D eigenvalue weighted by molar-refractivity contribution is 0.590. The van der Waals surface area contributed by atoms with Gasteiger partial charge in [0.25, 0.3) is 0 Å². The Labute approximate surface area is 446 Å². The van der Waals surface area contributed by atoms with Gasteiger partial charge in [-0.1, -0.05) is 212 Å². The number of benzene rings is 10. The molecule has 0 amide bonds. The van der Waals surface area contributed by atoms with Gasteiger partial charge in [-0.2, -0.15) is 0 Å². The van der Waals surface area contributed by atoms with Crippen molar-refractivity contribution in [2.75, 3.05) is 0 Å². The topological polar surface area (TPSA) is 9.86 Å². The highest BCUT2D eigenvalue weighted by molar-refractivity contribution is 6.11. The summed E-state index contributed by atoms with van der Waals surface area (Å²) >= 11 is 0. The standard InChI is InChI=1S/C74H60N2/c1-72(2,3)53-31-33-55(34-32-53)76-69-20-14-12-18-61(69)63-42-48(28-40-71(63)76)22-24-50-26-36-57-59-38-30-52(46-67(59)74(6,7)65(57)44-50)51-29-37-58-56-35-25-49(43-64(56)73(4,5)66(58)45-51)23-21-47-27-39-70-62(41-47)60-17-11-13-19-68(60)75(70)54-15-9-8-10-16-54/h8-46H,1-7H3/b23-21+,24-22+. The molecule has 0 fully saturated rings. The van der Waals surface area contributed by atoms with Gasteiger partial charge in [0, 0.05) is 43.7 Å². The fourth-order valence-corrected chi connectivity index (χ4v) is 12.9. The van der Waals surface area contributed by atoms with Crippen LogP contribution in [0.1, 0.15) is 98.5 Å². The molecule has 2 nitrogen and oxygen atoms in total. The van der Waals surface area contributed by atoms with Crippen LogP contribution in [0.25, 0.3) is 113 Å². The minimum atomic E-state index is -0.153. The van der Waals surface area contributed by atoms with Crippen LogP contribution in [0, 0.1) is 0 Å². The van der Waals surface area contributed by atoms with Crippen LogP contribution in [0.15, 0.2) is 212 Å². The molecule has 14 rings (SSSR count). The molecule has 2 aromatic heterocycles. The maximum atomic E-state index is 2.46. The van der Waals surface area contributed by atoms with Crippen molar-refractivity contribution in [2.45, 2.75) is 64.7 Å². The zero-order valence-electron chi connectivity index (χ0n) is 44.4. The third-order valence-electron chi connectivity index (χ3n) is 17.1. The first kappa shape index (κ1) is 45.9. The highest BCUT2D eigenvalue weighted by Crippen LogP contribution is 2.53. The van der Waals surface area contributed by atoms with Gasteiger partial charge in [-0.25, -0.2) is 0 Å². The summed E-state index contributed by atoms with van der Waals surface area (Å²) in [6, 6.07) is 79.5. The Kier molecular flexibility index (Phi) is 10.2. The van der Waals surface area contributed by atoms with Gasteiger partial charge in [0.05, 0.1) is 22.1 Å². The van der Waals surface area contributed by atoms with E-state index < -0.39 is 0 Å². The smallest absolute Gasteiger partial charge is 0.0541 e. The van der Waals surface area contributed by atoms with E-state index >= 15 is 0 Å². The maximum absolute atomic E-state index is 2.46. The number of aromatic nitrogens is 2. The van der Waals surface area contributed by atoms with Crippen LogP contribution < -0.4 is 0 Å². The zero-order chi connectivity index (χ0) is 51.7. The maximum Gasteiger partial charge on any atom is 0.0541 e. The van der Waals surface area contributed by atoms with Gasteiger partial charge < -0.3 is 9.13 Å². The molecule has 12 aromatic rings. The minimum Gasteiger partial charge on any atom is -0.309 e. The SMILES string of the molecule is CC(C)(C)c1ccc(-n2c3ccccc3c3cc(/C=C/c4ccc5c(c4)C(C)(C)c4cc(-c6ccc7c(c6)C(C)(C)c6cc(/C=C/c8ccc9c(c8)c8ccccc8n9-c8ccccc8)ccc6-7)ccc4-5)ccc32)cc1. The number of nitrogens with zero attached hydrogens (tertiary/aromatic N) is 2. The number of hydrogen-bond acceptors (Lipinski definition) is 0. The predicted molar refractivity (Wildman–Crippen MR) is 325 cm³/mol. The van der Waals surface area contributed by atoms with Crippen LogP contribution in [0.5, 0.6) is 0 Å². The van der Waals surface area contributed by atoms with Crippen LogP contribution >= 0.6 is 0 Å². The summed E-state index contributed by atoms with van der Waals surface area (Å²) in [4.78, 5) is 0. The van der Waals surface area contributed by atoms with Gasteiger partial charge in [-0.3, -0.25) is 0 Å². The third-order valence-corrected chi connectivity index (χ3v) is 17.1. The molecule has 10 aromatic carbocycles. The predicted octanol–water partition coefficient (Wildman–Crippen LogP) is 19.8. The van der Waals surface area contributed by atoms with E-state index in [1.54, 1.807) is 0 Å². The van der Waals surface area contributed by atoms with Crippen molar-refractivity contribution in [3.8, 4) is 44.8 Å². The zero-order valence-corrected chi connectivity index (χ0v) is 44.4. The lowest BCUT2D eigenvalue weighted by Gasteiger charge is -2.23. The van der Waals surface area contributed by atoms with E-state index in [1.165, 1.54) is 138 Å². The van der Waals surface area contributed by atoms with Crippen molar-refractivity contribution in [1.82, 2.24) is 9.13 Å². The molecule has 0 radical (unpaired) electrons. The molecule has 2 aliphatic rings. The number of para-hydroxylation sites is 3. The second-order valence-corrected chi connectivity index (χ2v) is 23.4. The van der Waals surface area contributed by atoms with Crippen molar-refractivity contribution < 1.29 is 0 Å². The molecule has 0 N–H and O–H groups in total. The molecule has 0 saturated heterocycles. The monoisotopic (exact) mass is 976 g/mol. The number of rotatable bonds is 7. The van der Waals surface area contributed by atoms with Crippen molar-refractivity contribution in [3.05, 3.63) is 262 Å². The van der Waals surface area contributed by atoms with E-state index in [4.69, 9.17) is 0 Å². The molecule has 0 saturated carbocycles. The van der Waals surface area contributed by atoms with Crippen molar-refractivity contribution in [3.63, 3.8) is 0 Å². The van der Waals surface area contributed by atoms with Crippen LogP contribution in [0.4, 0.5) is 0 Å². The average Bonchev–Trinajstić information content (AvgIpc) is 4.12. The first-order valence-electron chi connectivity index (χ1n) is 27.0. The van der Waals surface area contributed by atoms with Gasteiger partial charge in [0.2, 0.25) is 0 Å². The van der Waals surface area contributed by atoms with Gasteiger partial charge >= 0.3 is 0 Å². The van der Waals surface area contributed by atoms with Crippen molar-refractivity contribution in [1.29, 1.82) is 0 Å². The molecule has 0 spiro atoms. The molecule has 0 unspecified atom stereocenters. The molecule has 76 heavy (non-hydrogen) atoms. The van der Waals surface area contributed by atoms with Crippen LogP contribution in [0.3, 0.4) is 0 Å². The van der Waals surface area contributed by atoms with Crippen LogP contribution in [-0.2, 0) is 16.2 Å². The molecule has 366 valence electrons.